The fourth-order valence-corrected chi connectivity index (χ4v) is 2.99. The fraction of sp³-hybridized carbons (Fsp3) is 1.00. The van der Waals surface area contributed by atoms with Crippen LogP contribution in [0, 0.1) is 11.8 Å². The highest BCUT2D eigenvalue weighted by atomic mass is 19.4. The fourth-order valence-electron chi connectivity index (χ4n) is 2.99. The highest BCUT2D eigenvalue weighted by Crippen LogP contribution is 2.41. The molecule has 0 aromatic rings. The van der Waals surface area contributed by atoms with Crippen LogP contribution in [0.2, 0.25) is 0 Å². The van der Waals surface area contributed by atoms with Gasteiger partial charge in [0, 0.05) is 0 Å². The molecule has 1 nitrogen and oxygen atoms in total. The van der Waals surface area contributed by atoms with Gasteiger partial charge in [0.25, 0.3) is 0 Å². The molecule has 2 aliphatic carbocycles. The van der Waals surface area contributed by atoms with Crippen LogP contribution in [0.3, 0.4) is 0 Å². The minimum atomic E-state index is -4.18. The molecule has 2 rings (SSSR count). The maximum atomic E-state index is 12.0. The summed E-state index contributed by atoms with van der Waals surface area (Å²) in [6, 6.07) is 0. The number of rotatable bonds is 2. The molecule has 0 N–H and O–H groups in total. The average molecular weight is 222 g/mol. The molecule has 2 bridgehead atoms. The van der Waals surface area contributed by atoms with Crippen molar-refractivity contribution in [3.63, 3.8) is 0 Å². The van der Waals surface area contributed by atoms with Gasteiger partial charge in [0.1, 0.15) is 6.61 Å². The van der Waals surface area contributed by atoms with E-state index in [0.29, 0.717) is 5.92 Å². The van der Waals surface area contributed by atoms with Gasteiger partial charge >= 0.3 is 6.18 Å². The highest BCUT2D eigenvalue weighted by Gasteiger charge is 2.36. The molecule has 2 saturated carbocycles. The second-order valence-electron chi connectivity index (χ2n) is 4.83. The van der Waals surface area contributed by atoms with Crippen molar-refractivity contribution in [2.75, 3.05) is 6.61 Å². The van der Waals surface area contributed by atoms with Crippen molar-refractivity contribution in [3.05, 3.63) is 0 Å². The zero-order chi connectivity index (χ0) is 10.9. The van der Waals surface area contributed by atoms with E-state index < -0.39 is 12.8 Å². The van der Waals surface area contributed by atoms with Crippen molar-refractivity contribution in [1.82, 2.24) is 0 Å². The van der Waals surface area contributed by atoms with Gasteiger partial charge in [-0.25, -0.2) is 0 Å². The first-order chi connectivity index (χ1) is 7.04. The van der Waals surface area contributed by atoms with Crippen LogP contribution in [-0.4, -0.2) is 18.9 Å². The Morgan fingerprint density at radius 2 is 1.87 bits per heavy atom. The first kappa shape index (κ1) is 11.2. The second-order valence-corrected chi connectivity index (χ2v) is 4.83. The lowest BCUT2D eigenvalue weighted by Crippen LogP contribution is -2.36. The summed E-state index contributed by atoms with van der Waals surface area (Å²) in [5, 5.41) is 0. The van der Waals surface area contributed by atoms with Crippen LogP contribution < -0.4 is 0 Å². The van der Waals surface area contributed by atoms with Crippen LogP contribution in [0.15, 0.2) is 0 Å². The van der Waals surface area contributed by atoms with Crippen molar-refractivity contribution in [2.45, 2.75) is 50.8 Å². The molecular formula is C11H17F3O. The molecule has 0 spiro atoms. The predicted octanol–water partition coefficient (Wildman–Crippen LogP) is 3.53. The summed E-state index contributed by atoms with van der Waals surface area (Å²) in [5.41, 5.74) is 0. The Bertz CT molecular complexity index is 214. The van der Waals surface area contributed by atoms with Gasteiger partial charge in [-0.15, -0.1) is 0 Å². The van der Waals surface area contributed by atoms with Crippen molar-refractivity contribution in [1.29, 1.82) is 0 Å². The first-order valence-electron chi connectivity index (χ1n) is 5.73. The maximum absolute atomic E-state index is 12.0. The van der Waals surface area contributed by atoms with Crippen LogP contribution >= 0.6 is 0 Å². The number of hydrogen-bond donors (Lipinski definition) is 0. The maximum Gasteiger partial charge on any atom is 0.411 e. The Labute approximate surface area is 88.0 Å². The van der Waals surface area contributed by atoms with Gasteiger partial charge in [0.15, 0.2) is 0 Å². The third-order valence-electron chi connectivity index (χ3n) is 3.67. The molecule has 0 saturated heterocycles. The van der Waals surface area contributed by atoms with E-state index in [9.17, 15) is 13.2 Å². The minimum Gasteiger partial charge on any atom is -0.369 e. The van der Waals surface area contributed by atoms with Crippen LogP contribution in [0.4, 0.5) is 13.2 Å². The molecule has 0 heterocycles. The molecule has 2 aliphatic rings. The topological polar surface area (TPSA) is 9.23 Å². The molecule has 0 aromatic heterocycles. The highest BCUT2D eigenvalue weighted by molar-refractivity contribution is 4.85. The monoisotopic (exact) mass is 222 g/mol. The molecule has 3 atom stereocenters. The number of alkyl halides is 3. The quantitative estimate of drug-likeness (QED) is 0.694. The molecule has 2 fully saturated rings. The Balaban J connectivity index is 1.82. The van der Waals surface area contributed by atoms with Crippen LogP contribution in [-0.2, 0) is 4.74 Å². The number of fused-ring (bicyclic) bond motifs is 2. The van der Waals surface area contributed by atoms with Gasteiger partial charge in [-0.3, -0.25) is 0 Å². The average Bonchev–Trinajstić information content (AvgIpc) is 2.16. The smallest absolute Gasteiger partial charge is 0.369 e. The van der Waals surface area contributed by atoms with Crippen LogP contribution in [0.1, 0.15) is 38.5 Å². The summed E-state index contributed by atoms with van der Waals surface area (Å²) in [4.78, 5) is 0. The molecular weight excluding hydrogens is 205 g/mol. The molecule has 0 unspecified atom stereocenters. The number of hydrogen-bond acceptors (Lipinski definition) is 1. The van der Waals surface area contributed by atoms with Gasteiger partial charge in [-0.2, -0.15) is 13.2 Å². The number of ether oxygens (including phenoxy) is 1. The van der Waals surface area contributed by atoms with E-state index in [1.54, 1.807) is 0 Å². The largest absolute Gasteiger partial charge is 0.411 e. The standard InChI is InChI=1S/C11H17F3O/c12-11(13,14)7-15-10-5-4-8-2-1-3-9(10)6-8/h8-10H,1-7H2/t8-,9-,10-/m1/s1. The molecule has 0 aliphatic heterocycles. The lowest BCUT2D eigenvalue weighted by Gasteiger charge is -2.40. The Morgan fingerprint density at radius 3 is 2.60 bits per heavy atom. The Kier molecular flexibility index (Phi) is 3.24. The molecule has 4 heteroatoms. The van der Waals surface area contributed by atoms with E-state index in [1.165, 1.54) is 12.8 Å². The van der Waals surface area contributed by atoms with Crippen LogP contribution in [0.5, 0.6) is 0 Å². The third kappa shape index (κ3) is 3.10. The zero-order valence-electron chi connectivity index (χ0n) is 8.72. The molecule has 0 aromatic carbocycles. The van der Waals surface area contributed by atoms with E-state index in [4.69, 9.17) is 4.74 Å². The van der Waals surface area contributed by atoms with E-state index in [0.717, 1.165) is 31.6 Å². The summed E-state index contributed by atoms with van der Waals surface area (Å²) in [5.74, 6) is 1.15. The SMILES string of the molecule is FC(F)(F)CO[C@@H]1CC[C@H]2CCC[C@@H]1C2. The van der Waals surface area contributed by atoms with Crippen molar-refractivity contribution < 1.29 is 17.9 Å². The van der Waals surface area contributed by atoms with Gasteiger partial charge in [-0.05, 0) is 37.5 Å². The molecule has 0 amide bonds. The molecule has 0 radical (unpaired) electrons. The molecule has 15 heavy (non-hydrogen) atoms. The summed E-state index contributed by atoms with van der Waals surface area (Å²) in [6.45, 7) is -1.07. The van der Waals surface area contributed by atoms with Crippen molar-refractivity contribution in [2.24, 2.45) is 11.8 Å². The van der Waals surface area contributed by atoms with Gasteiger partial charge in [0.05, 0.1) is 6.10 Å². The van der Waals surface area contributed by atoms with E-state index in [2.05, 4.69) is 0 Å². The lowest BCUT2D eigenvalue weighted by atomic mass is 9.71. The summed E-state index contributed by atoms with van der Waals surface area (Å²) in [7, 11) is 0. The summed E-state index contributed by atoms with van der Waals surface area (Å²) in [6.07, 6.45) is 2.14. The summed E-state index contributed by atoms with van der Waals surface area (Å²) < 4.78 is 41.0. The van der Waals surface area contributed by atoms with Gasteiger partial charge in [-0.1, -0.05) is 12.8 Å². The Hall–Kier alpha value is -0.250. The second kappa shape index (κ2) is 4.32. The first-order valence-corrected chi connectivity index (χ1v) is 5.73. The predicted molar refractivity (Wildman–Crippen MR) is 50.5 cm³/mol. The molecule has 88 valence electrons. The Morgan fingerprint density at radius 1 is 1.07 bits per heavy atom. The minimum absolute atomic E-state index is 0.136. The lowest BCUT2D eigenvalue weighted by molar-refractivity contribution is -0.196. The van der Waals surface area contributed by atoms with Crippen molar-refractivity contribution in [3.8, 4) is 0 Å². The number of halogens is 3. The van der Waals surface area contributed by atoms with E-state index >= 15 is 0 Å². The van der Waals surface area contributed by atoms with E-state index in [-0.39, 0.29) is 6.10 Å². The normalized spacial score (nSPS) is 36.6. The van der Waals surface area contributed by atoms with Crippen LogP contribution in [0.25, 0.3) is 0 Å². The third-order valence-corrected chi connectivity index (χ3v) is 3.67. The van der Waals surface area contributed by atoms with E-state index in [1.807, 2.05) is 0 Å². The van der Waals surface area contributed by atoms with Gasteiger partial charge < -0.3 is 4.74 Å². The zero-order valence-corrected chi connectivity index (χ0v) is 8.72. The van der Waals surface area contributed by atoms with Crippen molar-refractivity contribution >= 4 is 0 Å². The van der Waals surface area contributed by atoms with Gasteiger partial charge in [0.2, 0.25) is 0 Å². The summed E-state index contributed by atoms with van der Waals surface area (Å²) >= 11 is 0.